The van der Waals surface area contributed by atoms with E-state index < -0.39 is 11.9 Å². The molecule has 0 saturated heterocycles. The van der Waals surface area contributed by atoms with Gasteiger partial charge in [0.25, 0.3) is 0 Å². The average Bonchev–Trinajstić information content (AvgIpc) is 2.54. The number of benzene rings is 1. The molecule has 1 N–H and O–H groups in total. The van der Waals surface area contributed by atoms with Crippen LogP contribution in [0.1, 0.15) is 86.4 Å². The van der Waals surface area contributed by atoms with Gasteiger partial charge in [0.15, 0.2) is 0 Å². The Morgan fingerprint density at radius 2 is 1.62 bits per heavy atom. The summed E-state index contributed by atoms with van der Waals surface area (Å²) in [5.74, 6) is -0.918. The maximum absolute atomic E-state index is 12.3. The van der Waals surface area contributed by atoms with Crippen LogP contribution >= 0.6 is 0 Å². The molecule has 1 atom stereocenters. The SMILES string of the molecule is CCCC(CCCCCC(C)C)OC(=O)c1ccccc1C(=O)O. The van der Waals surface area contributed by atoms with Gasteiger partial charge in [-0.05, 0) is 37.3 Å². The van der Waals surface area contributed by atoms with Crippen molar-refractivity contribution in [1.29, 1.82) is 0 Å². The van der Waals surface area contributed by atoms with Crippen LogP contribution in [0.2, 0.25) is 0 Å². The van der Waals surface area contributed by atoms with Crippen molar-refractivity contribution in [2.24, 2.45) is 5.92 Å². The molecule has 4 heteroatoms. The van der Waals surface area contributed by atoms with Crippen LogP contribution in [0, 0.1) is 5.92 Å². The Balaban J connectivity index is 2.58. The third-order valence-electron chi connectivity index (χ3n) is 4.07. The van der Waals surface area contributed by atoms with E-state index in [4.69, 9.17) is 4.74 Å². The van der Waals surface area contributed by atoms with Crippen LogP contribution in [-0.2, 0) is 4.74 Å². The van der Waals surface area contributed by atoms with Crippen LogP contribution in [0.3, 0.4) is 0 Å². The summed E-state index contributed by atoms with van der Waals surface area (Å²) in [6.45, 7) is 6.51. The Morgan fingerprint density at radius 3 is 2.21 bits per heavy atom. The molecule has 1 unspecified atom stereocenters. The predicted octanol–water partition coefficient (Wildman–Crippen LogP) is 5.32. The van der Waals surface area contributed by atoms with E-state index in [1.165, 1.54) is 25.0 Å². The van der Waals surface area contributed by atoms with Gasteiger partial charge < -0.3 is 9.84 Å². The lowest BCUT2D eigenvalue weighted by Gasteiger charge is -2.18. The quantitative estimate of drug-likeness (QED) is 0.439. The summed E-state index contributed by atoms with van der Waals surface area (Å²) in [5, 5.41) is 9.19. The van der Waals surface area contributed by atoms with Gasteiger partial charge in [-0.1, -0.05) is 58.6 Å². The molecule has 0 radical (unpaired) electrons. The fourth-order valence-corrected chi connectivity index (χ4v) is 2.75. The van der Waals surface area contributed by atoms with Crippen LogP contribution < -0.4 is 0 Å². The molecule has 0 spiro atoms. The number of ether oxygens (including phenoxy) is 1. The van der Waals surface area contributed by atoms with Crippen LogP contribution in [0.4, 0.5) is 0 Å². The molecule has 1 aromatic carbocycles. The van der Waals surface area contributed by atoms with Gasteiger partial charge in [0.05, 0.1) is 11.1 Å². The number of carbonyl (C=O) groups excluding carboxylic acids is 1. The van der Waals surface area contributed by atoms with E-state index in [0.29, 0.717) is 0 Å². The van der Waals surface area contributed by atoms with E-state index >= 15 is 0 Å². The molecule has 1 rings (SSSR count). The first-order chi connectivity index (χ1) is 11.5. The van der Waals surface area contributed by atoms with Crippen LogP contribution in [0.15, 0.2) is 24.3 Å². The zero-order chi connectivity index (χ0) is 17.9. The third kappa shape index (κ3) is 7.16. The number of rotatable bonds is 11. The van der Waals surface area contributed by atoms with Gasteiger partial charge >= 0.3 is 11.9 Å². The summed E-state index contributed by atoms with van der Waals surface area (Å²) >= 11 is 0. The maximum atomic E-state index is 12.3. The highest BCUT2D eigenvalue weighted by atomic mass is 16.5. The highest BCUT2D eigenvalue weighted by Crippen LogP contribution is 2.18. The van der Waals surface area contributed by atoms with Crippen molar-refractivity contribution in [2.45, 2.75) is 71.8 Å². The molecule has 0 amide bonds. The predicted molar refractivity (Wildman–Crippen MR) is 95.4 cm³/mol. The minimum absolute atomic E-state index is 0.00492. The average molecular weight is 334 g/mol. The first kappa shape index (κ1) is 20.2. The Morgan fingerprint density at radius 1 is 1.00 bits per heavy atom. The minimum Gasteiger partial charge on any atom is -0.478 e. The lowest BCUT2D eigenvalue weighted by molar-refractivity contribution is 0.0248. The maximum Gasteiger partial charge on any atom is 0.339 e. The van der Waals surface area contributed by atoms with E-state index in [1.54, 1.807) is 12.1 Å². The molecule has 0 fully saturated rings. The largest absolute Gasteiger partial charge is 0.478 e. The van der Waals surface area contributed by atoms with Crippen LogP contribution in [-0.4, -0.2) is 23.1 Å². The second-order valence-corrected chi connectivity index (χ2v) is 6.70. The Bertz CT molecular complexity index is 522. The number of carboxylic acids is 1. The van der Waals surface area contributed by atoms with Gasteiger partial charge in [0.1, 0.15) is 6.10 Å². The molecule has 134 valence electrons. The summed E-state index contributed by atoms with van der Waals surface area (Å²) < 4.78 is 5.59. The number of esters is 1. The molecule has 0 saturated carbocycles. The number of carboxylic acid groups (broad SMARTS) is 1. The number of hydrogen-bond acceptors (Lipinski definition) is 3. The monoisotopic (exact) mass is 334 g/mol. The summed E-state index contributed by atoms with van der Waals surface area (Å²) in [5.41, 5.74) is 0.126. The highest BCUT2D eigenvalue weighted by Gasteiger charge is 2.20. The van der Waals surface area contributed by atoms with Gasteiger partial charge in [-0.2, -0.15) is 0 Å². The number of unbranched alkanes of at least 4 members (excludes halogenated alkanes) is 2. The number of carbonyl (C=O) groups is 2. The first-order valence-corrected chi connectivity index (χ1v) is 8.99. The van der Waals surface area contributed by atoms with Crippen molar-refractivity contribution in [3.63, 3.8) is 0 Å². The second-order valence-electron chi connectivity index (χ2n) is 6.70. The standard InChI is InChI=1S/C20H30O4/c1-4-10-16(12-7-5-6-11-15(2)3)24-20(23)18-14-9-8-13-17(18)19(21)22/h8-9,13-16H,4-7,10-12H2,1-3H3,(H,21,22). The first-order valence-electron chi connectivity index (χ1n) is 8.99. The molecule has 0 aliphatic rings. The molecule has 0 heterocycles. The van der Waals surface area contributed by atoms with Crippen LogP contribution in [0.5, 0.6) is 0 Å². The van der Waals surface area contributed by atoms with Gasteiger partial charge in [-0.15, -0.1) is 0 Å². The lowest BCUT2D eigenvalue weighted by atomic mass is 10.0. The van der Waals surface area contributed by atoms with Crippen molar-refractivity contribution >= 4 is 11.9 Å². The summed E-state index contributed by atoms with van der Waals surface area (Å²) in [6.07, 6.45) is 7.05. The van der Waals surface area contributed by atoms with Gasteiger partial charge in [0, 0.05) is 0 Å². The van der Waals surface area contributed by atoms with Gasteiger partial charge in [-0.25, -0.2) is 9.59 Å². The van der Waals surface area contributed by atoms with Crippen molar-refractivity contribution in [3.8, 4) is 0 Å². The fourth-order valence-electron chi connectivity index (χ4n) is 2.75. The van der Waals surface area contributed by atoms with Crippen molar-refractivity contribution < 1.29 is 19.4 Å². The molecular weight excluding hydrogens is 304 g/mol. The highest BCUT2D eigenvalue weighted by molar-refractivity contribution is 6.02. The molecule has 0 aliphatic carbocycles. The molecular formula is C20H30O4. The Labute approximate surface area is 145 Å². The zero-order valence-corrected chi connectivity index (χ0v) is 15.1. The summed E-state index contributed by atoms with van der Waals surface area (Å²) in [6, 6.07) is 6.21. The smallest absolute Gasteiger partial charge is 0.339 e. The van der Waals surface area contributed by atoms with Crippen molar-refractivity contribution in [2.75, 3.05) is 0 Å². The van der Waals surface area contributed by atoms with E-state index in [0.717, 1.165) is 38.0 Å². The lowest BCUT2D eigenvalue weighted by Crippen LogP contribution is -2.20. The number of hydrogen-bond donors (Lipinski definition) is 1. The summed E-state index contributed by atoms with van der Waals surface area (Å²) in [4.78, 5) is 23.6. The Kier molecular flexibility index (Phi) is 9.13. The third-order valence-corrected chi connectivity index (χ3v) is 4.07. The van der Waals surface area contributed by atoms with Gasteiger partial charge in [-0.3, -0.25) is 0 Å². The number of aromatic carboxylic acids is 1. The van der Waals surface area contributed by atoms with E-state index in [2.05, 4.69) is 20.8 Å². The molecule has 0 aliphatic heterocycles. The zero-order valence-electron chi connectivity index (χ0n) is 15.1. The normalized spacial score (nSPS) is 12.2. The van der Waals surface area contributed by atoms with Crippen LogP contribution in [0.25, 0.3) is 0 Å². The summed E-state index contributed by atoms with van der Waals surface area (Å²) in [7, 11) is 0. The topological polar surface area (TPSA) is 63.6 Å². The molecule has 4 nitrogen and oxygen atoms in total. The van der Waals surface area contributed by atoms with E-state index in [9.17, 15) is 14.7 Å². The molecule has 1 aromatic rings. The molecule has 24 heavy (non-hydrogen) atoms. The van der Waals surface area contributed by atoms with E-state index in [1.807, 2.05) is 0 Å². The molecule has 0 aromatic heterocycles. The Hall–Kier alpha value is -1.84. The van der Waals surface area contributed by atoms with Crippen molar-refractivity contribution in [1.82, 2.24) is 0 Å². The van der Waals surface area contributed by atoms with Gasteiger partial charge in [0.2, 0.25) is 0 Å². The fraction of sp³-hybridized carbons (Fsp3) is 0.600. The molecule has 0 bridgehead atoms. The minimum atomic E-state index is -1.11. The van der Waals surface area contributed by atoms with E-state index in [-0.39, 0.29) is 17.2 Å². The van der Waals surface area contributed by atoms with Crippen molar-refractivity contribution in [3.05, 3.63) is 35.4 Å². The second kappa shape index (κ2) is 10.8.